The number of amides is 2. The quantitative estimate of drug-likeness (QED) is 0.830. The van der Waals surface area contributed by atoms with Crippen molar-refractivity contribution < 1.29 is 9.59 Å². The summed E-state index contributed by atoms with van der Waals surface area (Å²) in [5.41, 5.74) is 3.02. The summed E-state index contributed by atoms with van der Waals surface area (Å²) in [6.45, 7) is 1.99. The number of anilines is 2. The van der Waals surface area contributed by atoms with Crippen molar-refractivity contribution in [3.63, 3.8) is 0 Å². The Hall–Kier alpha value is -1.79. The molecular weight excluding hydrogens is 364 g/mol. The van der Waals surface area contributed by atoms with Gasteiger partial charge in [-0.2, -0.15) is 0 Å². The Morgan fingerprint density at radius 2 is 2.09 bits per heavy atom. The molecule has 2 aromatic rings. The molecule has 112 valence electrons. The van der Waals surface area contributed by atoms with Crippen LogP contribution in [0.15, 0.2) is 45.8 Å². The van der Waals surface area contributed by atoms with Crippen molar-refractivity contribution in [1.29, 1.82) is 0 Å². The van der Waals surface area contributed by atoms with Gasteiger partial charge in [0.25, 0.3) is 5.91 Å². The van der Waals surface area contributed by atoms with Gasteiger partial charge in [-0.1, -0.05) is 6.07 Å². The van der Waals surface area contributed by atoms with Gasteiger partial charge in [0.15, 0.2) is 0 Å². The topological polar surface area (TPSA) is 58.2 Å². The molecule has 2 aromatic carbocycles. The predicted octanol–water partition coefficient (Wildman–Crippen LogP) is 4.05. The molecule has 2 amide bonds. The van der Waals surface area contributed by atoms with Gasteiger partial charge in [0.2, 0.25) is 5.91 Å². The van der Waals surface area contributed by atoms with Gasteiger partial charge in [0, 0.05) is 14.9 Å². The molecule has 1 heterocycles. The minimum absolute atomic E-state index is 0.0451. The van der Waals surface area contributed by atoms with Gasteiger partial charge in [0.05, 0.1) is 17.1 Å². The van der Waals surface area contributed by atoms with Crippen molar-refractivity contribution in [2.75, 3.05) is 16.4 Å². The van der Waals surface area contributed by atoms with E-state index in [0.29, 0.717) is 22.7 Å². The predicted molar refractivity (Wildman–Crippen MR) is 92.6 cm³/mol. The lowest BCUT2D eigenvalue weighted by Crippen LogP contribution is -2.20. The highest BCUT2D eigenvalue weighted by molar-refractivity contribution is 9.10. The molecule has 0 bridgehead atoms. The molecule has 1 aliphatic rings. The van der Waals surface area contributed by atoms with Crippen LogP contribution in [0, 0.1) is 6.92 Å². The number of nitrogens with one attached hydrogen (secondary N) is 2. The van der Waals surface area contributed by atoms with Crippen LogP contribution in [0.4, 0.5) is 11.4 Å². The van der Waals surface area contributed by atoms with Crippen LogP contribution in [0.2, 0.25) is 0 Å². The lowest BCUT2D eigenvalue weighted by atomic mass is 10.1. The lowest BCUT2D eigenvalue weighted by molar-refractivity contribution is -0.113. The summed E-state index contributed by atoms with van der Waals surface area (Å²) >= 11 is 4.92. The fraction of sp³-hybridized carbons (Fsp3) is 0.125. The van der Waals surface area contributed by atoms with E-state index in [-0.39, 0.29) is 11.8 Å². The smallest absolute Gasteiger partial charge is 0.255 e. The minimum atomic E-state index is -0.211. The minimum Gasteiger partial charge on any atom is -0.324 e. The number of aryl methyl sites for hydroxylation is 1. The van der Waals surface area contributed by atoms with Crippen LogP contribution < -0.4 is 10.6 Å². The number of carbonyl (C=O) groups excluding carboxylic acids is 2. The summed E-state index contributed by atoms with van der Waals surface area (Å²) < 4.78 is 0.836. The van der Waals surface area contributed by atoms with E-state index in [2.05, 4.69) is 26.6 Å². The third-order valence-corrected chi connectivity index (χ3v) is 4.98. The lowest BCUT2D eigenvalue weighted by Gasteiger charge is -2.17. The zero-order chi connectivity index (χ0) is 15.7. The number of fused-ring (bicyclic) bond motifs is 1. The number of halogens is 1. The van der Waals surface area contributed by atoms with Crippen LogP contribution in [0.25, 0.3) is 0 Å². The van der Waals surface area contributed by atoms with Crippen LogP contribution >= 0.6 is 27.7 Å². The summed E-state index contributed by atoms with van der Waals surface area (Å²) in [5.74, 6) is 0.156. The fourth-order valence-corrected chi connectivity index (χ4v) is 3.52. The van der Waals surface area contributed by atoms with Crippen LogP contribution in [-0.2, 0) is 4.79 Å². The van der Waals surface area contributed by atoms with E-state index >= 15 is 0 Å². The maximum Gasteiger partial charge on any atom is 0.255 e. The largest absolute Gasteiger partial charge is 0.324 e. The third-order valence-electron chi connectivity index (χ3n) is 3.25. The van der Waals surface area contributed by atoms with Crippen LogP contribution in [0.1, 0.15) is 15.9 Å². The first-order valence-electron chi connectivity index (χ1n) is 6.67. The first-order valence-corrected chi connectivity index (χ1v) is 8.45. The number of thioether (sulfide) groups is 1. The second-order valence-electron chi connectivity index (χ2n) is 4.99. The molecule has 6 heteroatoms. The molecule has 1 aliphatic heterocycles. The molecule has 0 unspecified atom stereocenters. The summed E-state index contributed by atoms with van der Waals surface area (Å²) in [4.78, 5) is 24.8. The van der Waals surface area contributed by atoms with Gasteiger partial charge in [-0.05, 0) is 58.7 Å². The zero-order valence-electron chi connectivity index (χ0n) is 11.8. The molecule has 0 aliphatic carbocycles. The van der Waals surface area contributed by atoms with Crippen molar-refractivity contribution in [1.82, 2.24) is 0 Å². The SMILES string of the molecule is Cc1ccc(NC(=O)c2ccc3c(c2)NC(=O)CS3)c(Br)c1. The maximum atomic E-state index is 12.4. The van der Waals surface area contributed by atoms with E-state index in [9.17, 15) is 9.59 Å². The van der Waals surface area contributed by atoms with E-state index in [1.165, 1.54) is 11.8 Å². The summed E-state index contributed by atoms with van der Waals surface area (Å²) in [6, 6.07) is 11.1. The van der Waals surface area contributed by atoms with Crippen molar-refractivity contribution in [3.05, 3.63) is 52.0 Å². The first-order chi connectivity index (χ1) is 10.5. The highest BCUT2D eigenvalue weighted by Gasteiger charge is 2.17. The Morgan fingerprint density at radius 1 is 1.27 bits per heavy atom. The second-order valence-corrected chi connectivity index (χ2v) is 6.86. The van der Waals surface area contributed by atoms with Gasteiger partial charge in [-0.15, -0.1) is 11.8 Å². The molecule has 0 aromatic heterocycles. The number of rotatable bonds is 2. The van der Waals surface area contributed by atoms with E-state index in [1.807, 2.05) is 31.2 Å². The zero-order valence-corrected chi connectivity index (χ0v) is 14.2. The summed E-state index contributed by atoms with van der Waals surface area (Å²) in [5, 5.41) is 5.66. The molecule has 0 spiro atoms. The highest BCUT2D eigenvalue weighted by Crippen LogP contribution is 2.32. The molecule has 0 fully saturated rings. The van der Waals surface area contributed by atoms with E-state index in [4.69, 9.17) is 0 Å². The monoisotopic (exact) mass is 376 g/mol. The molecule has 0 saturated carbocycles. The number of carbonyl (C=O) groups is 2. The molecule has 4 nitrogen and oxygen atoms in total. The summed E-state index contributed by atoms with van der Waals surface area (Å²) in [7, 11) is 0. The Balaban J connectivity index is 1.83. The van der Waals surface area contributed by atoms with E-state index in [0.717, 1.165) is 14.9 Å². The molecule has 0 radical (unpaired) electrons. The van der Waals surface area contributed by atoms with Gasteiger partial charge in [-0.25, -0.2) is 0 Å². The first kappa shape index (κ1) is 15.1. The average molecular weight is 377 g/mol. The average Bonchev–Trinajstić information content (AvgIpc) is 2.49. The Bertz CT molecular complexity index is 777. The van der Waals surface area contributed by atoms with Crippen LogP contribution in [0.3, 0.4) is 0 Å². The van der Waals surface area contributed by atoms with Crippen LogP contribution in [0.5, 0.6) is 0 Å². The third kappa shape index (κ3) is 3.18. The Labute approximate surface area is 140 Å². The van der Waals surface area contributed by atoms with E-state index < -0.39 is 0 Å². The van der Waals surface area contributed by atoms with Crippen LogP contribution in [-0.4, -0.2) is 17.6 Å². The molecule has 22 heavy (non-hydrogen) atoms. The number of hydrogen-bond donors (Lipinski definition) is 2. The van der Waals surface area contributed by atoms with Gasteiger partial charge in [0.1, 0.15) is 0 Å². The molecule has 3 rings (SSSR count). The molecule has 2 N–H and O–H groups in total. The number of benzene rings is 2. The summed E-state index contributed by atoms with van der Waals surface area (Å²) in [6.07, 6.45) is 0. The van der Waals surface area contributed by atoms with E-state index in [1.54, 1.807) is 12.1 Å². The van der Waals surface area contributed by atoms with Crippen molar-refractivity contribution in [2.45, 2.75) is 11.8 Å². The van der Waals surface area contributed by atoms with Crippen molar-refractivity contribution >= 4 is 50.9 Å². The maximum absolute atomic E-state index is 12.4. The Morgan fingerprint density at radius 3 is 2.86 bits per heavy atom. The van der Waals surface area contributed by atoms with Crippen molar-refractivity contribution in [2.24, 2.45) is 0 Å². The number of hydrogen-bond acceptors (Lipinski definition) is 3. The Kier molecular flexibility index (Phi) is 4.22. The highest BCUT2D eigenvalue weighted by atomic mass is 79.9. The fourth-order valence-electron chi connectivity index (χ4n) is 2.14. The molecule has 0 atom stereocenters. The van der Waals surface area contributed by atoms with Crippen molar-refractivity contribution in [3.8, 4) is 0 Å². The van der Waals surface area contributed by atoms with Gasteiger partial charge in [-0.3, -0.25) is 9.59 Å². The standard InChI is InChI=1S/C16H13BrN2O2S/c1-9-2-4-12(11(17)6-9)19-16(21)10-3-5-14-13(7-10)18-15(20)8-22-14/h2-7H,8H2,1H3,(H,18,20)(H,19,21). The van der Waals surface area contributed by atoms with Gasteiger partial charge < -0.3 is 10.6 Å². The van der Waals surface area contributed by atoms with Gasteiger partial charge >= 0.3 is 0 Å². The normalized spacial score (nSPS) is 13.3. The molecular formula is C16H13BrN2O2S. The second kappa shape index (κ2) is 6.14. The molecule has 0 saturated heterocycles.